The van der Waals surface area contributed by atoms with Crippen molar-refractivity contribution in [1.29, 1.82) is 0 Å². The van der Waals surface area contributed by atoms with Gasteiger partial charge in [0.1, 0.15) is 5.76 Å². The highest BCUT2D eigenvalue weighted by Crippen LogP contribution is 2.18. The van der Waals surface area contributed by atoms with E-state index in [0.29, 0.717) is 0 Å². The molecule has 1 aliphatic heterocycles. The second-order valence-corrected chi connectivity index (χ2v) is 6.74. The van der Waals surface area contributed by atoms with Crippen molar-refractivity contribution in [3.05, 3.63) is 22.6 Å². The summed E-state index contributed by atoms with van der Waals surface area (Å²) < 4.78 is 11.7. The first kappa shape index (κ1) is 18.3. The van der Waals surface area contributed by atoms with Crippen molar-refractivity contribution in [3.63, 3.8) is 0 Å². The monoisotopic (exact) mass is 385 g/mol. The molecular weight excluding hydrogens is 358 g/mol. The van der Waals surface area contributed by atoms with Crippen LogP contribution in [0, 0.1) is 5.92 Å². The fourth-order valence-electron chi connectivity index (χ4n) is 2.74. The van der Waals surface area contributed by atoms with E-state index < -0.39 is 0 Å². The van der Waals surface area contributed by atoms with Crippen LogP contribution < -0.4 is 5.32 Å². The lowest BCUT2D eigenvalue weighted by Gasteiger charge is -2.26. The van der Waals surface area contributed by atoms with Crippen LogP contribution in [0.2, 0.25) is 0 Å². The minimum atomic E-state index is 0.726. The lowest BCUT2D eigenvalue weighted by molar-refractivity contribution is 0.0625. The van der Waals surface area contributed by atoms with Gasteiger partial charge in [0.2, 0.25) is 0 Å². The smallest absolute Gasteiger partial charge is 0.193 e. The zero-order valence-electron chi connectivity index (χ0n) is 14.2. The first-order valence-electron chi connectivity index (χ1n) is 8.50. The topological polar surface area (TPSA) is 50.0 Å². The van der Waals surface area contributed by atoms with Crippen molar-refractivity contribution >= 4 is 21.9 Å². The van der Waals surface area contributed by atoms with Gasteiger partial charge < -0.3 is 19.4 Å². The Balaban J connectivity index is 1.78. The summed E-state index contributed by atoms with van der Waals surface area (Å²) in [6.45, 7) is 6.58. The predicted octanol–water partition coefficient (Wildman–Crippen LogP) is 3.30. The summed E-state index contributed by atoms with van der Waals surface area (Å²) in [7, 11) is 2.12. The Hall–Kier alpha value is -1.01. The maximum Gasteiger partial charge on any atom is 0.193 e. The summed E-state index contributed by atoms with van der Waals surface area (Å²) in [4.78, 5) is 6.95. The Morgan fingerprint density at radius 1 is 1.39 bits per heavy atom. The summed E-state index contributed by atoms with van der Waals surface area (Å²) in [5, 5.41) is 3.37. The molecule has 5 nitrogen and oxygen atoms in total. The molecule has 2 rings (SSSR count). The van der Waals surface area contributed by atoms with E-state index in [2.05, 4.69) is 40.1 Å². The first-order valence-corrected chi connectivity index (χ1v) is 9.29. The molecule has 2 heterocycles. The second-order valence-electron chi connectivity index (χ2n) is 5.96. The minimum Gasteiger partial charge on any atom is -0.454 e. The van der Waals surface area contributed by atoms with Gasteiger partial charge in [-0.15, -0.1) is 0 Å². The van der Waals surface area contributed by atoms with Crippen LogP contribution in [0.1, 0.15) is 31.9 Å². The molecular formula is C17H28BrN3O2. The van der Waals surface area contributed by atoms with Crippen LogP contribution in [0.4, 0.5) is 0 Å². The number of rotatable bonds is 7. The molecule has 130 valence electrons. The van der Waals surface area contributed by atoms with Crippen molar-refractivity contribution in [3.8, 4) is 0 Å². The van der Waals surface area contributed by atoms with E-state index in [1.807, 2.05) is 12.1 Å². The Morgan fingerprint density at radius 3 is 2.83 bits per heavy atom. The molecule has 1 fully saturated rings. The highest BCUT2D eigenvalue weighted by molar-refractivity contribution is 9.10. The van der Waals surface area contributed by atoms with Gasteiger partial charge in [-0.2, -0.15) is 0 Å². The molecule has 0 radical (unpaired) electrons. The van der Waals surface area contributed by atoms with E-state index in [9.17, 15) is 0 Å². The van der Waals surface area contributed by atoms with Gasteiger partial charge >= 0.3 is 0 Å². The van der Waals surface area contributed by atoms with Crippen LogP contribution in [0.25, 0.3) is 0 Å². The van der Waals surface area contributed by atoms with Gasteiger partial charge in [-0.25, -0.2) is 0 Å². The summed E-state index contributed by atoms with van der Waals surface area (Å²) in [6, 6.07) is 3.91. The largest absolute Gasteiger partial charge is 0.454 e. The van der Waals surface area contributed by atoms with E-state index in [4.69, 9.17) is 14.1 Å². The van der Waals surface area contributed by atoms with Gasteiger partial charge in [0.15, 0.2) is 10.6 Å². The zero-order chi connectivity index (χ0) is 16.5. The molecule has 0 aliphatic carbocycles. The molecule has 1 aliphatic rings. The Kier molecular flexibility index (Phi) is 7.95. The molecule has 1 N–H and O–H groups in total. The maximum absolute atomic E-state index is 5.51. The average molecular weight is 386 g/mol. The lowest BCUT2D eigenvalue weighted by atomic mass is 9.96. The molecule has 0 atom stereocenters. The number of guanidine groups is 1. The van der Waals surface area contributed by atoms with Gasteiger partial charge in [0, 0.05) is 46.3 Å². The van der Waals surface area contributed by atoms with Crippen LogP contribution in [-0.2, 0) is 11.2 Å². The minimum absolute atomic E-state index is 0.726. The highest BCUT2D eigenvalue weighted by atomic mass is 79.9. The number of hydrogen-bond donors (Lipinski definition) is 1. The summed E-state index contributed by atoms with van der Waals surface area (Å²) in [5.74, 6) is 2.72. The van der Waals surface area contributed by atoms with E-state index in [-0.39, 0.29) is 0 Å². The summed E-state index contributed by atoms with van der Waals surface area (Å²) >= 11 is 3.33. The SMILES string of the molecule is CCNC(=NCCc1ccc(Br)o1)N(C)CCC1CCOCC1. The van der Waals surface area contributed by atoms with Gasteiger partial charge in [-0.05, 0) is 60.2 Å². The van der Waals surface area contributed by atoms with E-state index in [0.717, 1.165) is 61.6 Å². The van der Waals surface area contributed by atoms with Crippen molar-refractivity contribution in [2.75, 3.05) is 39.9 Å². The normalized spacial score (nSPS) is 16.6. The Labute approximate surface area is 147 Å². The Bertz CT molecular complexity index is 484. The molecule has 0 bridgehead atoms. The maximum atomic E-state index is 5.51. The van der Waals surface area contributed by atoms with Crippen LogP contribution >= 0.6 is 15.9 Å². The first-order chi connectivity index (χ1) is 11.2. The third-order valence-corrected chi connectivity index (χ3v) is 4.58. The number of halogens is 1. The molecule has 0 spiro atoms. The van der Waals surface area contributed by atoms with Crippen molar-refractivity contribution < 1.29 is 9.15 Å². The van der Waals surface area contributed by atoms with Crippen LogP contribution in [-0.4, -0.2) is 50.8 Å². The van der Waals surface area contributed by atoms with Crippen LogP contribution in [0.15, 0.2) is 26.2 Å². The molecule has 0 saturated carbocycles. The number of aliphatic imine (C=N–C) groups is 1. The fraction of sp³-hybridized carbons (Fsp3) is 0.706. The molecule has 1 saturated heterocycles. The number of nitrogens with one attached hydrogen (secondary N) is 1. The van der Waals surface area contributed by atoms with Gasteiger partial charge in [-0.3, -0.25) is 4.99 Å². The third kappa shape index (κ3) is 6.55. The molecule has 1 aromatic heterocycles. The Morgan fingerprint density at radius 2 is 2.17 bits per heavy atom. The summed E-state index contributed by atoms with van der Waals surface area (Å²) in [5.41, 5.74) is 0. The molecule has 0 amide bonds. The van der Waals surface area contributed by atoms with Crippen molar-refractivity contribution in [2.24, 2.45) is 10.9 Å². The number of nitrogens with zero attached hydrogens (tertiary/aromatic N) is 2. The van der Waals surface area contributed by atoms with Gasteiger partial charge in [0.25, 0.3) is 0 Å². The lowest BCUT2D eigenvalue weighted by Crippen LogP contribution is -2.40. The average Bonchev–Trinajstić information content (AvgIpc) is 2.98. The van der Waals surface area contributed by atoms with Crippen LogP contribution in [0.5, 0.6) is 0 Å². The van der Waals surface area contributed by atoms with Crippen LogP contribution in [0.3, 0.4) is 0 Å². The van der Waals surface area contributed by atoms with Gasteiger partial charge in [0.05, 0.1) is 0 Å². The van der Waals surface area contributed by atoms with E-state index >= 15 is 0 Å². The quantitative estimate of drug-likeness (QED) is 0.577. The zero-order valence-corrected chi connectivity index (χ0v) is 15.8. The molecule has 0 unspecified atom stereocenters. The van der Waals surface area contributed by atoms with Crippen molar-refractivity contribution in [2.45, 2.75) is 32.6 Å². The molecule has 6 heteroatoms. The predicted molar refractivity (Wildman–Crippen MR) is 96.9 cm³/mol. The van der Waals surface area contributed by atoms with Crippen molar-refractivity contribution in [1.82, 2.24) is 10.2 Å². The third-order valence-electron chi connectivity index (χ3n) is 4.16. The summed E-state index contributed by atoms with van der Waals surface area (Å²) in [6.07, 6.45) is 4.40. The number of hydrogen-bond acceptors (Lipinski definition) is 3. The van der Waals surface area contributed by atoms with E-state index in [1.54, 1.807) is 0 Å². The second kappa shape index (κ2) is 9.98. The number of furan rings is 1. The molecule has 23 heavy (non-hydrogen) atoms. The van der Waals surface area contributed by atoms with Gasteiger partial charge in [-0.1, -0.05) is 0 Å². The van der Waals surface area contributed by atoms with E-state index in [1.165, 1.54) is 19.3 Å². The standard InChI is InChI=1S/C17H28BrN3O2/c1-3-19-17(20-10-6-15-4-5-16(18)23-15)21(2)11-7-14-8-12-22-13-9-14/h4-5,14H,3,6-13H2,1-2H3,(H,19,20). The number of ether oxygens (including phenoxy) is 1. The molecule has 0 aromatic carbocycles. The highest BCUT2D eigenvalue weighted by Gasteiger charge is 2.15. The molecule has 1 aromatic rings. The fourth-order valence-corrected chi connectivity index (χ4v) is 3.09.